The minimum absolute atomic E-state index is 0.258. The average molecular weight is 176 g/mol. The number of aldehydes is 1. The summed E-state index contributed by atoms with van der Waals surface area (Å²) in [5, 5.41) is 0. The van der Waals surface area contributed by atoms with Gasteiger partial charge in [0.05, 0.1) is 7.11 Å². The summed E-state index contributed by atoms with van der Waals surface area (Å²) in [6.07, 6.45) is 2.06. The van der Waals surface area contributed by atoms with Gasteiger partial charge in [0.2, 0.25) is 0 Å². The van der Waals surface area contributed by atoms with Gasteiger partial charge in [0.1, 0.15) is 12.0 Å². The van der Waals surface area contributed by atoms with Gasteiger partial charge in [-0.1, -0.05) is 12.1 Å². The van der Waals surface area contributed by atoms with Crippen LogP contribution in [-0.4, -0.2) is 13.4 Å². The molecule has 1 aliphatic carbocycles. The van der Waals surface area contributed by atoms with Crippen molar-refractivity contribution in [2.75, 3.05) is 7.11 Å². The molecule has 0 spiro atoms. The number of carbonyl (C=O) groups excluding carboxylic acids is 1. The second-order valence-corrected chi connectivity index (χ2v) is 3.42. The van der Waals surface area contributed by atoms with Crippen molar-refractivity contribution in [1.29, 1.82) is 0 Å². The van der Waals surface area contributed by atoms with Crippen LogP contribution in [0.25, 0.3) is 0 Å². The maximum Gasteiger partial charge on any atom is 0.123 e. The molecule has 0 N–H and O–H groups in total. The molecule has 13 heavy (non-hydrogen) atoms. The van der Waals surface area contributed by atoms with Gasteiger partial charge in [0.15, 0.2) is 0 Å². The van der Waals surface area contributed by atoms with Crippen LogP contribution in [0.15, 0.2) is 24.3 Å². The van der Waals surface area contributed by atoms with Gasteiger partial charge in [-0.15, -0.1) is 0 Å². The molecule has 68 valence electrons. The highest BCUT2D eigenvalue weighted by Crippen LogP contribution is 2.46. The van der Waals surface area contributed by atoms with Crippen LogP contribution in [0, 0.1) is 5.92 Å². The van der Waals surface area contributed by atoms with Gasteiger partial charge >= 0.3 is 0 Å². The van der Waals surface area contributed by atoms with Crippen LogP contribution in [0.1, 0.15) is 17.9 Å². The van der Waals surface area contributed by atoms with Gasteiger partial charge in [-0.05, 0) is 30.0 Å². The van der Waals surface area contributed by atoms with E-state index in [-0.39, 0.29) is 5.92 Å². The van der Waals surface area contributed by atoms with Crippen molar-refractivity contribution >= 4 is 6.29 Å². The third-order valence-electron chi connectivity index (χ3n) is 2.56. The van der Waals surface area contributed by atoms with Gasteiger partial charge in [-0.2, -0.15) is 0 Å². The molecule has 1 fully saturated rings. The Morgan fingerprint density at radius 2 is 2.08 bits per heavy atom. The number of hydrogen-bond donors (Lipinski definition) is 0. The lowest BCUT2D eigenvalue weighted by molar-refractivity contribution is -0.108. The standard InChI is InChI=1S/C11H12O2/c1-13-10-4-2-8(3-5-10)11-6-9(11)7-12/h2-5,7,9,11H,6H2,1H3/t9-,11+/m1/s1. The van der Waals surface area contributed by atoms with E-state index in [1.165, 1.54) is 5.56 Å². The Balaban J connectivity index is 2.11. The third-order valence-corrected chi connectivity index (χ3v) is 2.56. The average Bonchev–Trinajstić information content (AvgIpc) is 2.97. The monoisotopic (exact) mass is 176 g/mol. The lowest BCUT2D eigenvalue weighted by Crippen LogP contribution is -1.86. The Morgan fingerprint density at radius 1 is 1.38 bits per heavy atom. The number of ether oxygens (including phenoxy) is 1. The van der Waals surface area contributed by atoms with E-state index in [1.54, 1.807) is 7.11 Å². The van der Waals surface area contributed by atoms with E-state index in [0.29, 0.717) is 5.92 Å². The van der Waals surface area contributed by atoms with E-state index in [9.17, 15) is 4.79 Å². The minimum atomic E-state index is 0.258. The lowest BCUT2D eigenvalue weighted by atomic mass is 10.1. The molecule has 1 saturated carbocycles. The Morgan fingerprint density at radius 3 is 2.54 bits per heavy atom. The largest absolute Gasteiger partial charge is 0.497 e. The van der Waals surface area contributed by atoms with E-state index in [4.69, 9.17) is 4.74 Å². The number of benzene rings is 1. The van der Waals surface area contributed by atoms with Crippen LogP contribution < -0.4 is 4.74 Å². The highest BCUT2D eigenvalue weighted by molar-refractivity contribution is 5.61. The van der Waals surface area contributed by atoms with Crippen LogP contribution in [0.5, 0.6) is 5.75 Å². The second-order valence-electron chi connectivity index (χ2n) is 3.42. The summed E-state index contributed by atoms with van der Waals surface area (Å²) in [4.78, 5) is 10.4. The first-order valence-corrected chi connectivity index (χ1v) is 4.44. The molecule has 2 rings (SSSR count). The maximum absolute atomic E-state index is 10.4. The van der Waals surface area contributed by atoms with Crippen molar-refractivity contribution in [1.82, 2.24) is 0 Å². The van der Waals surface area contributed by atoms with Crippen molar-refractivity contribution in [2.45, 2.75) is 12.3 Å². The summed E-state index contributed by atoms with van der Waals surface area (Å²) >= 11 is 0. The summed E-state index contributed by atoms with van der Waals surface area (Å²) in [6.45, 7) is 0. The fraction of sp³-hybridized carbons (Fsp3) is 0.364. The molecule has 1 aromatic carbocycles. The Kier molecular flexibility index (Phi) is 2.05. The highest BCUT2D eigenvalue weighted by Gasteiger charge is 2.37. The van der Waals surface area contributed by atoms with Gasteiger partial charge in [0.25, 0.3) is 0 Å². The third kappa shape index (κ3) is 1.57. The quantitative estimate of drug-likeness (QED) is 0.658. The predicted molar refractivity (Wildman–Crippen MR) is 49.9 cm³/mol. The Hall–Kier alpha value is -1.31. The first kappa shape index (κ1) is 8.30. The molecule has 2 heteroatoms. The second kappa shape index (κ2) is 3.21. The number of carbonyl (C=O) groups is 1. The number of methoxy groups -OCH3 is 1. The Labute approximate surface area is 77.5 Å². The first-order valence-electron chi connectivity index (χ1n) is 4.44. The highest BCUT2D eigenvalue weighted by atomic mass is 16.5. The predicted octanol–water partition coefficient (Wildman–Crippen LogP) is 2.00. The van der Waals surface area contributed by atoms with Crippen LogP contribution in [0.2, 0.25) is 0 Å². The summed E-state index contributed by atoms with van der Waals surface area (Å²) < 4.78 is 5.05. The summed E-state index contributed by atoms with van der Waals surface area (Å²) in [6, 6.07) is 7.95. The van der Waals surface area contributed by atoms with Gasteiger partial charge in [-0.3, -0.25) is 0 Å². The van der Waals surface area contributed by atoms with Crippen LogP contribution in [0.3, 0.4) is 0 Å². The zero-order valence-corrected chi connectivity index (χ0v) is 7.57. The van der Waals surface area contributed by atoms with Crippen molar-refractivity contribution in [2.24, 2.45) is 5.92 Å². The summed E-state index contributed by atoms with van der Waals surface area (Å²) in [5.74, 6) is 1.59. The molecule has 2 nitrogen and oxygen atoms in total. The molecule has 0 amide bonds. The van der Waals surface area contributed by atoms with Gasteiger partial charge in [-0.25, -0.2) is 0 Å². The SMILES string of the molecule is COc1ccc([C@@H]2C[C@@H]2C=O)cc1. The maximum atomic E-state index is 10.4. The molecule has 0 bridgehead atoms. The zero-order valence-electron chi connectivity index (χ0n) is 7.57. The summed E-state index contributed by atoms with van der Waals surface area (Å²) in [5.41, 5.74) is 1.25. The minimum Gasteiger partial charge on any atom is -0.497 e. The molecule has 0 radical (unpaired) electrons. The van der Waals surface area contributed by atoms with E-state index in [2.05, 4.69) is 0 Å². The zero-order chi connectivity index (χ0) is 9.26. The van der Waals surface area contributed by atoms with E-state index in [1.807, 2.05) is 24.3 Å². The van der Waals surface area contributed by atoms with Crippen molar-refractivity contribution in [3.63, 3.8) is 0 Å². The molecule has 0 saturated heterocycles. The molecule has 0 aliphatic heterocycles. The normalized spacial score (nSPS) is 25.3. The van der Waals surface area contributed by atoms with E-state index >= 15 is 0 Å². The molecule has 0 unspecified atom stereocenters. The first-order chi connectivity index (χ1) is 6.35. The molecule has 2 atom stereocenters. The molecule has 1 aliphatic rings. The smallest absolute Gasteiger partial charge is 0.123 e. The van der Waals surface area contributed by atoms with Crippen molar-refractivity contribution < 1.29 is 9.53 Å². The Bertz CT molecular complexity index is 302. The molecule has 0 heterocycles. The number of hydrogen-bond acceptors (Lipinski definition) is 2. The fourth-order valence-electron chi connectivity index (χ4n) is 1.60. The van der Waals surface area contributed by atoms with Crippen LogP contribution in [-0.2, 0) is 4.79 Å². The van der Waals surface area contributed by atoms with E-state index in [0.717, 1.165) is 18.5 Å². The topological polar surface area (TPSA) is 26.3 Å². The van der Waals surface area contributed by atoms with Crippen molar-refractivity contribution in [3.8, 4) is 5.75 Å². The fourth-order valence-corrected chi connectivity index (χ4v) is 1.60. The molecule has 1 aromatic rings. The van der Waals surface area contributed by atoms with Crippen LogP contribution >= 0.6 is 0 Å². The lowest BCUT2D eigenvalue weighted by Gasteiger charge is -2.01. The molecule has 0 aromatic heterocycles. The van der Waals surface area contributed by atoms with Gasteiger partial charge < -0.3 is 9.53 Å². The van der Waals surface area contributed by atoms with Gasteiger partial charge in [0, 0.05) is 5.92 Å². The summed E-state index contributed by atoms with van der Waals surface area (Å²) in [7, 11) is 1.65. The van der Waals surface area contributed by atoms with E-state index < -0.39 is 0 Å². The van der Waals surface area contributed by atoms with Crippen LogP contribution in [0.4, 0.5) is 0 Å². The molecular weight excluding hydrogens is 164 g/mol. The molecular formula is C11H12O2. The number of rotatable bonds is 3. The van der Waals surface area contributed by atoms with Crippen molar-refractivity contribution in [3.05, 3.63) is 29.8 Å².